The zero-order valence-corrected chi connectivity index (χ0v) is 13.1. The first-order valence-electron chi connectivity index (χ1n) is 7.71. The van der Waals surface area contributed by atoms with Crippen LogP contribution >= 0.6 is 0 Å². The van der Waals surface area contributed by atoms with Crippen LogP contribution < -0.4 is 10.2 Å². The van der Waals surface area contributed by atoms with Gasteiger partial charge >= 0.3 is 6.03 Å². The lowest BCUT2D eigenvalue weighted by atomic mass is 10.1. The highest BCUT2D eigenvalue weighted by molar-refractivity contribution is 5.75. The number of rotatable bonds is 3. The van der Waals surface area contributed by atoms with E-state index in [0.717, 1.165) is 24.6 Å². The lowest BCUT2D eigenvalue weighted by Gasteiger charge is -2.35. The van der Waals surface area contributed by atoms with Crippen LogP contribution in [0.4, 0.5) is 10.7 Å². The van der Waals surface area contributed by atoms with E-state index in [0.29, 0.717) is 13.1 Å². The van der Waals surface area contributed by atoms with Gasteiger partial charge < -0.3 is 15.1 Å². The van der Waals surface area contributed by atoms with E-state index in [9.17, 15) is 4.79 Å². The number of nitrogens with one attached hydrogen (secondary N) is 1. The number of anilines is 1. The molecule has 0 saturated carbocycles. The highest BCUT2D eigenvalue weighted by Crippen LogP contribution is 2.13. The Balaban J connectivity index is 1.52. The summed E-state index contributed by atoms with van der Waals surface area (Å²) in [5, 5.41) is 3.02. The number of hydrogen-bond acceptors (Lipinski definition) is 5. The second-order valence-corrected chi connectivity index (χ2v) is 5.48. The molecule has 2 amide bonds. The molecule has 2 aromatic heterocycles. The molecule has 3 rings (SSSR count). The van der Waals surface area contributed by atoms with Crippen LogP contribution in [0.5, 0.6) is 0 Å². The summed E-state index contributed by atoms with van der Waals surface area (Å²) in [6, 6.07) is 5.52. The first kappa shape index (κ1) is 15.2. The Morgan fingerprint density at radius 2 is 1.87 bits per heavy atom. The predicted molar refractivity (Wildman–Crippen MR) is 87.0 cm³/mol. The minimum absolute atomic E-state index is 0.0463. The van der Waals surface area contributed by atoms with Crippen LogP contribution in [0.1, 0.15) is 18.5 Å². The number of nitrogens with zero attached hydrogens (tertiary/aromatic N) is 5. The van der Waals surface area contributed by atoms with E-state index in [1.165, 1.54) is 0 Å². The molecule has 1 aliphatic heterocycles. The molecule has 0 radical (unpaired) electrons. The number of aromatic nitrogens is 3. The van der Waals surface area contributed by atoms with Crippen molar-refractivity contribution in [2.45, 2.75) is 13.0 Å². The Morgan fingerprint density at radius 3 is 2.52 bits per heavy atom. The highest BCUT2D eigenvalue weighted by atomic mass is 16.2. The Kier molecular flexibility index (Phi) is 4.65. The summed E-state index contributed by atoms with van der Waals surface area (Å²) < 4.78 is 0. The molecule has 1 atom stereocenters. The fraction of sp³-hybridized carbons (Fsp3) is 0.375. The Morgan fingerprint density at radius 1 is 1.13 bits per heavy atom. The molecule has 0 bridgehead atoms. The maximum Gasteiger partial charge on any atom is 0.317 e. The lowest BCUT2D eigenvalue weighted by Crippen LogP contribution is -2.52. The number of urea groups is 1. The normalized spacial score (nSPS) is 16.0. The molecule has 23 heavy (non-hydrogen) atoms. The van der Waals surface area contributed by atoms with Crippen LogP contribution in [0.25, 0.3) is 0 Å². The van der Waals surface area contributed by atoms with Crippen LogP contribution in [-0.2, 0) is 0 Å². The third-order valence-corrected chi connectivity index (χ3v) is 3.93. The van der Waals surface area contributed by atoms with Gasteiger partial charge in [0.1, 0.15) is 0 Å². The summed E-state index contributed by atoms with van der Waals surface area (Å²) >= 11 is 0. The molecule has 1 N–H and O–H groups in total. The summed E-state index contributed by atoms with van der Waals surface area (Å²) in [7, 11) is 0. The first-order chi connectivity index (χ1) is 11.2. The molecule has 0 unspecified atom stereocenters. The first-order valence-corrected chi connectivity index (χ1v) is 7.71. The Labute approximate surface area is 135 Å². The van der Waals surface area contributed by atoms with E-state index < -0.39 is 0 Å². The number of amides is 2. The van der Waals surface area contributed by atoms with E-state index >= 15 is 0 Å². The van der Waals surface area contributed by atoms with Gasteiger partial charge in [0.05, 0.1) is 6.04 Å². The maximum absolute atomic E-state index is 12.4. The Bertz CT molecular complexity index is 628. The average molecular weight is 312 g/mol. The summed E-state index contributed by atoms with van der Waals surface area (Å²) in [4.78, 5) is 28.9. The fourth-order valence-electron chi connectivity index (χ4n) is 2.56. The largest absolute Gasteiger partial charge is 0.337 e. The van der Waals surface area contributed by atoms with Crippen LogP contribution in [0, 0.1) is 0 Å². The fourth-order valence-corrected chi connectivity index (χ4v) is 2.56. The van der Waals surface area contributed by atoms with Crippen LogP contribution in [0.3, 0.4) is 0 Å². The van der Waals surface area contributed by atoms with Crippen molar-refractivity contribution in [3.05, 3.63) is 48.5 Å². The summed E-state index contributed by atoms with van der Waals surface area (Å²) in [5.41, 5.74) is 0.997. The monoisotopic (exact) mass is 312 g/mol. The summed E-state index contributed by atoms with van der Waals surface area (Å²) in [5.74, 6) is 0.719. The van der Waals surface area contributed by atoms with Gasteiger partial charge in [0.2, 0.25) is 5.95 Å². The number of pyridine rings is 1. The van der Waals surface area contributed by atoms with E-state index in [-0.39, 0.29) is 12.1 Å². The van der Waals surface area contributed by atoms with Gasteiger partial charge in [-0.3, -0.25) is 4.98 Å². The van der Waals surface area contributed by atoms with E-state index in [4.69, 9.17) is 0 Å². The summed E-state index contributed by atoms with van der Waals surface area (Å²) in [6.45, 7) is 4.74. The number of hydrogen-bond donors (Lipinski definition) is 1. The van der Waals surface area contributed by atoms with Crippen molar-refractivity contribution >= 4 is 12.0 Å². The van der Waals surface area contributed by atoms with Gasteiger partial charge in [-0.25, -0.2) is 14.8 Å². The average Bonchev–Trinajstić information content (AvgIpc) is 2.63. The van der Waals surface area contributed by atoms with E-state index in [1.807, 2.05) is 24.0 Å². The zero-order valence-electron chi connectivity index (χ0n) is 13.1. The van der Waals surface area contributed by atoms with E-state index in [2.05, 4.69) is 25.2 Å². The molecule has 7 heteroatoms. The van der Waals surface area contributed by atoms with Crippen LogP contribution in [0.2, 0.25) is 0 Å². The van der Waals surface area contributed by atoms with Gasteiger partial charge in [-0.15, -0.1) is 0 Å². The summed E-state index contributed by atoms with van der Waals surface area (Å²) in [6.07, 6.45) is 6.96. The van der Waals surface area contributed by atoms with Gasteiger partial charge in [0.15, 0.2) is 0 Å². The van der Waals surface area contributed by atoms with Gasteiger partial charge in [0.25, 0.3) is 0 Å². The van der Waals surface area contributed by atoms with Crippen molar-refractivity contribution in [3.63, 3.8) is 0 Å². The zero-order chi connectivity index (χ0) is 16.1. The number of carbonyl (C=O) groups is 1. The molecule has 120 valence electrons. The molecule has 0 aliphatic carbocycles. The van der Waals surface area contributed by atoms with E-state index in [1.54, 1.807) is 30.9 Å². The standard InChI is InChI=1S/C16H20N6O/c1-13(14-4-2-5-17-12-14)20-16(23)22-10-8-21(9-11-22)15-18-6-3-7-19-15/h2-7,12-13H,8-11H2,1H3,(H,20,23)/t13-/m1/s1. The molecule has 7 nitrogen and oxygen atoms in total. The third kappa shape index (κ3) is 3.74. The van der Waals surface area contributed by atoms with Crippen molar-refractivity contribution in [2.75, 3.05) is 31.1 Å². The molecule has 2 aromatic rings. The molecule has 0 aromatic carbocycles. The third-order valence-electron chi connectivity index (χ3n) is 3.93. The van der Waals surface area contributed by atoms with Gasteiger partial charge in [-0.1, -0.05) is 6.07 Å². The number of carbonyl (C=O) groups excluding carboxylic acids is 1. The van der Waals surface area contributed by atoms with Crippen molar-refractivity contribution in [1.29, 1.82) is 0 Å². The molecular formula is C16H20N6O. The molecular weight excluding hydrogens is 292 g/mol. The highest BCUT2D eigenvalue weighted by Gasteiger charge is 2.23. The second kappa shape index (κ2) is 7.04. The molecule has 1 saturated heterocycles. The van der Waals surface area contributed by atoms with Crippen molar-refractivity contribution in [3.8, 4) is 0 Å². The van der Waals surface area contributed by atoms with Gasteiger partial charge in [-0.05, 0) is 24.6 Å². The maximum atomic E-state index is 12.4. The van der Waals surface area contributed by atoms with Gasteiger partial charge in [0, 0.05) is 51.0 Å². The molecule has 1 fully saturated rings. The second-order valence-electron chi connectivity index (χ2n) is 5.48. The van der Waals surface area contributed by atoms with Crippen molar-refractivity contribution < 1.29 is 4.79 Å². The SMILES string of the molecule is C[C@@H](NC(=O)N1CCN(c2ncccn2)CC1)c1cccnc1. The molecule has 0 spiro atoms. The lowest BCUT2D eigenvalue weighted by molar-refractivity contribution is 0.191. The topological polar surface area (TPSA) is 74.2 Å². The minimum atomic E-state index is -0.0633. The van der Waals surface area contributed by atoms with Crippen LogP contribution in [0.15, 0.2) is 43.0 Å². The number of piperazine rings is 1. The van der Waals surface area contributed by atoms with Crippen molar-refractivity contribution in [1.82, 2.24) is 25.2 Å². The van der Waals surface area contributed by atoms with Crippen molar-refractivity contribution in [2.24, 2.45) is 0 Å². The van der Waals surface area contributed by atoms with Gasteiger partial charge in [-0.2, -0.15) is 0 Å². The Hall–Kier alpha value is -2.70. The van der Waals surface area contributed by atoms with Crippen LogP contribution in [-0.4, -0.2) is 52.1 Å². The smallest absolute Gasteiger partial charge is 0.317 e. The molecule has 1 aliphatic rings. The quantitative estimate of drug-likeness (QED) is 0.929. The molecule has 3 heterocycles. The predicted octanol–water partition coefficient (Wildman–Crippen LogP) is 1.46. The minimum Gasteiger partial charge on any atom is -0.337 e.